The molecular formula is C11H17N3O3S. The van der Waals surface area contributed by atoms with Crippen LogP contribution in [0, 0.1) is 0 Å². The second-order valence-electron chi connectivity index (χ2n) is 3.58. The molecule has 0 unspecified atom stereocenters. The Labute approximate surface area is 107 Å². The van der Waals surface area contributed by atoms with E-state index in [0.29, 0.717) is 13.0 Å². The molecule has 18 heavy (non-hydrogen) atoms. The zero-order valence-electron chi connectivity index (χ0n) is 10.4. The van der Waals surface area contributed by atoms with E-state index in [9.17, 15) is 13.2 Å². The van der Waals surface area contributed by atoms with Crippen molar-refractivity contribution in [3.8, 4) is 0 Å². The molecular weight excluding hydrogens is 254 g/mol. The standard InChI is InChI=1S/C11H17N3O3S/c1-12-11(15)7-8-14-9-3-5-10(6-4-9)18(16,17)13-2/h3-6,13-14H,7-8H2,1-2H3,(H,12,15). The summed E-state index contributed by atoms with van der Waals surface area (Å²) < 4.78 is 25.2. The number of anilines is 1. The van der Waals surface area contributed by atoms with E-state index < -0.39 is 10.0 Å². The van der Waals surface area contributed by atoms with Crippen molar-refractivity contribution in [2.24, 2.45) is 0 Å². The largest absolute Gasteiger partial charge is 0.385 e. The summed E-state index contributed by atoms with van der Waals surface area (Å²) in [5.41, 5.74) is 0.772. The number of hydrogen-bond acceptors (Lipinski definition) is 4. The van der Waals surface area contributed by atoms with Crippen molar-refractivity contribution in [1.29, 1.82) is 0 Å². The fourth-order valence-corrected chi connectivity index (χ4v) is 2.05. The molecule has 3 N–H and O–H groups in total. The molecule has 0 fully saturated rings. The van der Waals surface area contributed by atoms with Gasteiger partial charge in [0.05, 0.1) is 4.90 Å². The molecule has 1 rings (SSSR count). The van der Waals surface area contributed by atoms with Gasteiger partial charge in [0.1, 0.15) is 0 Å². The van der Waals surface area contributed by atoms with Crippen molar-refractivity contribution in [1.82, 2.24) is 10.0 Å². The average molecular weight is 271 g/mol. The van der Waals surface area contributed by atoms with Crippen molar-refractivity contribution in [3.63, 3.8) is 0 Å². The van der Waals surface area contributed by atoms with E-state index in [1.807, 2.05) is 0 Å². The molecule has 0 atom stereocenters. The van der Waals surface area contributed by atoms with Gasteiger partial charge in [-0.1, -0.05) is 0 Å². The summed E-state index contributed by atoms with van der Waals surface area (Å²) in [5.74, 6) is -0.0446. The Morgan fingerprint density at radius 2 is 1.78 bits per heavy atom. The van der Waals surface area contributed by atoms with Gasteiger partial charge in [0, 0.05) is 25.7 Å². The van der Waals surface area contributed by atoms with E-state index in [4.69, 9.17) is 0 Å². The Balaban J connectivity index is 2.59. The van der Waals surface area contributed by atoms with Crippen LogP contribution in [-0.4, -0.2) is 35.0 Å². The van der Waals surface area contributed by atoms with Gasteiger partial charge in [0.2, 0.25) is 15.9 Å². The van der Waals surface area contributed by atoms with E-state index >= 15 is 0 Å². The summed E-state index contributed by atoms with van der Waals surface area (Å²) in [6, 6.07) is 6.34. The molecule has 0 radical (unpaired) electrons. The van der Waals surface area contributed by atoms with Crippen LogP contribution in [0.2, 0.25) is 0 Å². The van der Waals surface area contributed by atoms with Crippen LogP contribution in [0.1, 0.15) is 6.42 Å². The summed E-state index contributed by atoms with van der Waals surface area (Å²) in [4.78, 5) is 11.2. The molecule has 0 aliphatic heterocycles. The monoisotopic (exact) mass is 271 g/mol. The highest BCUT2D eigenvalue weighted by atomic mass is 32.2. The maximum atomic E-state index is 11.5. The van der Waals surface area contributed by atoms with Gasteiger partial charge in [0.15, 0.2) is 0 Å². The molecule has 0 aromatic heterocycles. The highest BCUT2D eigenvalue weighted by Gasteiger charge is 2.10. The topological polar surface area (TPSA) is 87.3 Å². The van der Waals surface area contributed by atoms with Crippen LogP contribution >= 0.6 is 0 Å². The highest BCUT2D eigenvalue weighted by Crippen LogP contribution is 2.13. The van der Waals surface area contributed by atoms with Crippen LogP contribution in [0.15, 0.2) is 29.2 Å². The fraction of sp³-hybridized carbons (Fsp3) is 0.364. The van der Waals surface area contributed by atoms with Gasteiger partial charge in [0.25, 0.3) is 0 Å². The first-order valence-electron chi connectivity index (χ1n) is 5.47. The van der Waals surface area contributed by atoms with Gasteiger partial charge >= 0.3 is 0 Å². The third-order valence-corrected chi connectivity index (χ3v) is 3.82. The van der Waals surface area contributed by atoms with Gasteiger partial charge in [-0.3, -0.25) is 4.79 Å². The maximum Gasteiger partial charge on any atom is 0.240 e. The van der Waals surface area contributed by atoms with Crippen molar-refractivity contribution >= 4 is 21.6 Å². The van der Waals surface area contributed by atoms with Crippen LogP contribution in [-0.2, 0) is 14.8 Å². The van der Waals surface area contributed by atoms with Crippen molar-refractivity contribution in [2.45, 2.75) is 11.3 Å². The number of rotatable bonds is 6. The predicted octanol–water partition coefficient (Wildman–Crippen LogP) is 0.143. The second kappa shape index (κ2) is 6.36. The van der Waals surface area contributed by atoms with E-state index in [-0.39, 0.29) is 10.8 Å². The summed E-state index contributed by atoms with van der Waals surface area (Å²) >= 11 is 0. The minimum atomic E-state index is -3.39. The lowest BCUT2D eigenvalue weighted by Gasteiger charge is -2.07. The first-order chi connectivity index (χ1) is 8.49. The van der Waals surface area contributed by atoms with E-state index in [1.54, 1.807) is 19.2 Å². The molecule has 1 aromatic rings. The molecule has 1 amide bonds. The summed E-state index contributed by atoms with van der Waals surface area (Å²) in [6.07, 6.45) is 0.368. The van der Waals surface area contributed by atoms with Crippen molar-refractivity contribution in [3.05, 3.63) is 24.3 Å². The smallest absolute Gasteiger partial charge is 0.240 e. The molecule has 0 bridgehead atoms. The molecule has 1 aromatic carbocycles. The Morgan fingerprint density at radius 3 is 2.28 bits per heavy atom. The molecule has 6 nitrogen and oxygen atoms in total. The predicted molar refractivity (Wildman–Crippen MR) is 69.9 cm³/mol. The number of amides is 1. The Hall–Kier alpha value is -1.60. The lowest BCUT2D eigenvalue weighted by Crippen LogP contribution is -2.21. The van der Waals surface area contributed by atoms with Gasteiger partial charge < -0.3 is 10.6 Å². The summed E-state index contributed by atoms with van der Waals surface area (Å²) in [6.45, 7) is 0.498. The lowest BCUT2D eigenvalue weighted by molar-refractivity contribution is -0.120. The van der Waals surface area contributed by atoms with Gasteiger partial charge in [-0.05, 0) is 31.3 Å². The third-order valence-electron chi connectivity index (χ3n) is 2.39. The quantitative estimate of drug-likeness (QED) is 0.687. The minimum Gasteiger partial charge on any atom is -0.385 e. The maximum absolute atomic E-state index is 11.5. The van der Waals surface area contributed by atoms with Crippen molar-refractivity contribution in [2.75, 3.05) is 26.0 Å². The minimum absolute atomic E-state index is 0.0446. The first kappa shape index (κ1) is 14.5. The molecule has 7 heteroatoms. The van der Waals surface area contributed by atoms with Crippen LogP contribution in [0.25, 0.3) is 0 Å². The van der Waals surface area contributed by atoms with Gasteiger partial charge in [-0.15, -0.1) is 0 Å². The Morgan fingerprint density at radius 1 is 1.17 bits per heavy atom. The molecule has 0 saturated heterocycles. The van der Waals surface area contributed by atoms with Crippen LogP contribution in [0.3, 0.4) is 0 Å². The Kier molecular flexibility index (Phi) is 5.11. The zero-order chi connectivity index (χ0) is 13.6. The molecule has 0 spiro atoms. The van der Waals surface area contributed by atoms with Crippen LogP contribution in [0.5, 0.6) is 0 Å². The highest BCUT2D eigenvalue weighted by molar-refractivity contribution is 7.89. The Bertz CT molecular complexity index is 497. The molecule has 0 aliphatic rings. The third kappa shape index (κ3) is 4.01. The molecule has 100 valence electrons. The first-order valence-corrected chi connectivity index (χ1v) is 6.96. The summed E-state index contributed by atoms with van der Waals surface area (Å²) in [7, 11) is -0.446. The average Bonchev–Trinajstić information content (AvgIpc) is 2.39. The number of sulfonamides is 1. The zero-order valence-corrected chi connectivity index (χ0v) is 11.2. The van der Waals surface area contributed by atoms with Crippen molar-refractivity contribution < 1.29 is 13.2 Å². The SMILES string of the molecule is CNC(=O)CCNc1ccc(S(=O)(=O)NC)cc1. The number of carbonyl (C=O) groups excluding carboxylic acids is 1. The molecule has 0 aliphatic carbocycles. The van der Waals surface area contributed by atoms with Gasteiger partial charge in [-0.25, -0.2) is 13.1 Å². The van der Waals surface area contributed by atoms with E-state index in [2.05, 4.69) is 15.4 Å². The molecule has 0 heterocycles. The number of benzene rings is 1. The van der Waals surface area contributed by atoms with Crippen LogP contribution < -0.4 is 15.4 Å². The normalized spacial score (nSPS) is 11.0. The van der Waals surface area contributed by atoms with Gasteiger partial charge in [-0.2, -0.15) is 0 Å². The second-order valence-corrected chi connectivity index (χ2v) is 5.47. The number of nitrogens with one attached hydrogen (secondary N) is 3. The van der Waals surface area contributed by atoms with E-state index in [1.165, 1.54) is 19.2 Å². The molecule has 0 saturated carbocycles. The van der Waals surface area contributed by atoms with Crippen LogP contribution in [0.4, 0.5) is 5.69 Å². The number of carbonyl (C=O) groups is 1. The number of hydrogen-bond donors (Lipinski definition) is 3. The fourth-order valence-electron chi connectivity index (χ4n) is 1.32. The lowest BCUT2D eigenvalue weighted by atomic mass is 10.3. The summed E-state index contributed by atoms with van der Waals surface area (Å²) in [5, 5.41) is 5.55. The van der Waals surface area contributed by atoms with E-state index in [0.717, 1.165) is 5.69 Å².